The SMILES string of the molecule is COC(=O)CC1(C)CCc2cc(C#N)ccc2C1=O. The zero-order valence-electron chi connectivity index (χ0n) is 11.0. The van der Waals surface area contributed by atoms with E-state index in [9.17, 15) is 9.59 Å². The molecule has 1 aromatic carbocycles. The lowest BCUT2D eigenvalue weighted by atomic mass is 9.70. The lowest BCUT2D eigenvalue weighted by molar-refractivity contribution is -0.142. The second-order valence-corrected chi connectivity index (χ2v) is 5.13. The van der Waals surface area contributed by atoms with Crippen molar-refractivity contribution in [1.29, 1.82) is 5.26 Å². The fourth-order valence-electron chi connectivity index (χ4n) is 2.50. The average molecular weight is 257 g/mol. The van der Waals surface area contributed by atoms with E-state index in [0.29, 0.717) is 24.0 Å². The summed E-state index contributed by atoms with van der Waals surface area (Å²) in [5.74, 6) is -0.406. The standard InChI is InChI=1S/C15H15NO3/c1-15(8-13(17)19-2)6-5-11-7-10(9-16)3-4-12(11)14(15)18/h3-4,7H,5-6,8H2,1-2H3. The van der Waals surface area contributed by atoms with E-state index in [1.54, 1.807) is 25.1 Å². The number of carbonyl (C=O) groups is 2. The van der Waals surface area contributed by atoms with Crippen molar-refractivity contribution >= 4 is 11.8 Å². The van der Waals surface area contributed by atoms with E-state index in [1.807, 2.05) is 0 Å². The van der Waals surface area contributed by atoms with Crippen LogP contribution in [0.5, 0.6) is 0 Å². The average Bonchev–Trinajstić information content (AvgIpc) is 2.42. The Hall–Kier alpha value is -2.15. The predicted octanol–water partition coefficient (Wildman–Crippen LogP) is 2.26. The zero-order chi connectivity index (χ0) is 14.0. The second-order valence-electron chi connectivity index (χ2n) is 5.13. The number of nitriles is 1. The minimum atomic E-state index is -0.700. The Morgan fingerprint density at radius 1 is 1.53 bits per heavy atom. The molecule has 1 atom stereocenters. The van der Waals surface area contributed by atoms with Crippen LogP contribution in [-0.4, -0.2) is 18.9 Å². The van der Waals surface area contributed by atoms with E-state index in [0.717, 1.165) is 5.56 Å². The monoisotopic (exact) mass is 257 g/mol. The number of hydrogen-bond donors (Lipinski definition) is 0. The van der Waals surface area contributed by atoms with Crippen LogP contribution in [0.3, 0.4) is 0 Å². The van der Waals surface area contributed by atoms with E-state index < -0.39 is 5.41 Å². The first kappa shape index (κ1) is 13.3. The summed E-state index contributed by atoms with van der Waals surface area (Å²) in [6, 6.07) is 7.15. The summed E-state index contributed by atoms with van der Waals surface area (Å²) in [5, 5.41) is 8.86. The zero-order valence-corrected chi connectivity index (χ0v) is 11.0. The molecule has 0 amide bonds. The number of methoxy groups -OCH3 is 1. The maximum Gasteiger partial charge on any atom is 0.306 e. The summed E-state index contributed by atoms with van der Waals surface area (Å²) < 4.78 is 4.66. The molecule has 2 rings (SSSR count). The largest absolute Gasteiger partial charge is 0.469 e. The van der Waals surface area contributed by atoms with Gasteiger partial charge < -0.3 is 4.74 Å². The smallest absolute Gasteiger partial charge is 0.306 e. The number of benzene rings is 1. The molecule has 0 fully saturated rings. The fraction of sp³-hybridized carbons (Fsp3) is 0.400. The third-order valence-electron chi connectivity index (χ3n) is 3.74. The van der Waals surface area contributed by atoms with Crippen LogP contribution in [0.4, 0.5) is 0 Å². The van der Waals surface area contributed by atoms with Crippen molar-refractivity contribution in [2.75, 3.05) is 7.11 Å². The van der Waals surface area contributed by atoms with Gasteiger partial charge >= 0.3 is 5.97 Å². The van der Waals surface area contributed by atoms with Gasteiger partial charge in [0.05, 0.1) is 25.2 Å². The Balaban J connectivity index is 2.34. The van der Waals surface area contributed by atoms with Gasteiger partial charge in [0.15, 0.2) is 5.78 Å². The highest BCUT2D eigenvalue weighted by atomic mass is 16.5. The molecule has 98 valence electrons. The number of fused-ring (bicyclic) bond motifs is 1. The van der Waals surface area contributed by atoms with Gasteiger partial charge in [0, 0.05) is 11.0 Å². The number of esters is 1. The van der Waals surface area contributed by atoms with Gasteiger partial charge in [0.1, 0.15) is 0 Å². The number of ketones is 1. The lowest BCUT2D eigenvalue weighted by Gasteiger charge is -2.32. The van der Waals surface area contributed by atoms with Crippen LogP contribution in [0.2, 0.25) is 0 Å². The molecule has 0 bridgehead atoms. The highest BCUT2D eigenvalue weighted by Crippen LogP contribution is 2.38. The van der Waals surface area contributed by atoms with Crippen LogP contribution < -0.4 is 0 Å². The Labute approximate surface area is 112 Å². The number of aryl methyl sites for hydroxylation is 1. The maximum absolute atomic E-state index is 12.5. The van der Waals surface area contributed by atoms with E-state index in [2.05, 4.69) is 10.8 Å². The summed E-state index contributed by atoms with van der Waals surface area (Å²) in [5.41, 5.74) is 1.38. The Bertz CT molecular complexity index is 586. The predicted molar refractivity (Wildman–Crippen MR) is 68.5 cm³/mol. The van der Waals surface area contributed by atoms with Gasteiger partial charge in [0.2, 0.25) is 0 Å². The molecule has 0 spiro atoms. The first-order valence-corrected chi connectivity index (χ1v) is 6.15. The van der Waals surface area contributed by atoms with Crippen molar-refractivity contribution in [3.8, 4) is 6.07 Å². The van der Waals surface area contributed by atoms with Crippen molar-refractivity contribution in [3.05, 3.63) is 34.9 Å². The Morgan fingerprint density at radius 3 is 2.89 bits per heavy atom. The number of ether oxygens (including phenoxy) is 1. The molecule has 4 heteroatoms. The van der Waals surface area contributed by atoms with Gasteiger partial charge in [-0.05, 0) is 36.6 Å². The van der Waals surface area contributed by atoms with Crippen LogP contribution in [0, 0.1) is 16.7 Å². The van der Waals surface area contributed by atoms with Gasteiger partial charge in [0.25, 0.3) is 0 Å². The van der Waals surface area contributed by atoms with Crippen molar-refractivity contribution in [2.24, 2.45) is 5.41 Å². The number of hydrogen-bond acceptors (Lipinski definition) is 4. The molecular formula is C15H15NO3. The van der Waals surface area contributed by atoms with Crippen LogP contribution >= 0.6 is 0 Å². The number of carbonyl (C=O) groups excluding carboxylic acids is 2. The minimum Gasteiger partial charge on any atom is -0.469 e. The highest BCUT2D eigenvalue weighted by Gasteiger charge is 2.40. The number of Topliss-reactive ketones (excluding diaryl/α,β-unsaturated/α-hetero) is 1. The molecule has 0 aliphatic heterocycles. The van der Waals surface area contributed by atoms with Crippen molar-refractivity contribution in [3.63, 3.8) is 0 Å². The van der Waals surface area contributed by atoms with Crippen LogP contribution in [0.25, 0.3) is 0 Å². The molecular weight excluding hydrogens is 242 g/mol. The summed E-state index contributed by atoms with van der Waals surface area (Å²) in [7, 11) is 1.33. The summed E-state index contributed by atoms with van der Waals surface area (Å²) >= 11 is 0. The molecule has 1 aliphatic rings. The quantitative estimate of drug-likeness (QED) is 0.762. The van der Waals surface area contributed by atoms with E-state index in [-0.39, 0.29) is 18.2 Å². The normalized spacial score (nSPS) is 21.4. The summed E-state index contributed by atoms with van der Waals surface area (Å²) in [6.45, 7) is 1.80. The molecule has 0 aromatic heterocycles. The first-order valence-electron chi connectivity index (χ1n) is 6.15. The van der Waals surface area contributed by atoms with Crippen molar-refractivity contribution in [2.45, 2.75) is 26.2 Å². The molecule has 1 aliphatic carbocycles. The molecule has 0 saturated carbocycles. The van der Waals surface area contributed by atoms with Gasteiger partial charge in [-0.15, -0.1) is 0 Å². The fourth-order valence-corrected chi connectivity index (χ4v) is 2.50. The van der Waals surface area contributed by atoms with Gasteiger partial charge in [-0.3, -0.25) is 9.59 Å². The van der Waals surface area contributed by atoms with Crippen LogP contribution in [0.15, 0.2) is 18.2 Å². The molecule has 4 nitrogen and oxygen atoms in total. The third kappa shape index (κ3) is 2.37. The number of nitrogens with zero attached hydrogens (tertiary/aromatic N) is 1. The maximum atomic E-state index is 12.5. The van der Waals surface area contributed by atoms with Crippen molar-refractivity contribution in [1.82, 2.24) is 0 Å². The number of rotatable bonds is 2. The highest BCUT2D eigenvalue weighted by molar-refractivity contribution is 6.04. The van der Waals surface area contributed by atoms with Gasteiger partial charge in [-0.2, -0.15) is 5.26 Å². The third-order valence-corrected chi connectivity index (χ3v) is 3.74. The lowest BCUT2D eigenvalue weighted by Crippen LogP contribution is -2.35. The topological polar surface area (TPSA) is 67.2 Å². The molecule has 1 unspecified atom stereocenters. The second kappa shape index (κ2) is 4.85. The van der Waals surface area contributed by atoms with E-state index in [1.165, 1.54) is 7.11 Å². The van der Waals surface area contributed by atoms with Crippen LogP contribution in [-0.2, 0) is 16.0 Å². The molecule has 0 saturated heterocycles. The van der Waals surface area contributed by atoms with E-state index >= 15 is 0 Å². The Morgan fingerprint density at radius 2 is 2.26 bits per heavy atom. The van der Waals surface area contributed by atoms with Gasteiger partial charge in [-0.25, -0.2) is 0 Å². The first-order chi connectivity index (χ1) is 9.00. The summed E-state index contributed by atoms with van der Waals surface area (Å²) in [6.07, 6.45) is 1.40. The molecule has 0 heterocycles. The van der Waals surface area contributed by atoms with Gasteiger partial charge in [-0.1, -0.05) is 6.92 Å². The van der Waals surface area contributed by atoms with Crippen LogP contribution in [0.1, 0.15) is 41.3 Å². The molecule has 0 radical (unpaired) electrons. The molecule has 1 aromatic rings. The molecule has 19 heavy (non-hydrogen) atoms. The minimum absolute atomic E-state index is 0.0383. The van der Waals surface area contributed by atoms with Crippen molar-refractivity contribution < 1.29 is 14.3 Å². The Kier molecular flexibility index (Phi) is 3.39. The molecule has 0 N–H and O–H groups in total. The van der Waals surface area contributed by atoms with E-state index in [4.69, 9.17) is 5.26 Å². The summed E-state index contributed by atoms with van der Waals surface area (Å²) in [4.78, 5) is 23.9.